The van der Waals surface area contributed by atoms with Gasteiger partial charge < -0.3 is 5.32 Å². The molecule has 3 aromatic carbocycles. The van der Waals surface area contributed by atoms with Crippen LogP contribution in [-0.4, -0.2) is 15.5 Å². The molecular formula is C23H19N3O2. The Morgan fingerprint density at radius 1 is 0.929 bits per heavy atom. The van der Waals surface area contributed by atoms with Crippen molar-refractivity contribution in [1.29, 1.82) is 0 Å². The van der Waals surface area contributed by atoms with Gasteiger partial charge in [-0.1, -0.05) is 66.2 Å². The van der Waals surface area contributed by atoms with Crippen LogP contribution in [0.3, 0.4) is 0 Å². The molecule has 0 aliphatic heterocycles. The van der Waals surface area contributed by atoms with Gasteiger partial charge in [0.2, 0.25) is 5.91 Å². The van der Waals surface area contributed by atoms with Crippen LogP contribution in [0.5, 0.6) is 0 Å². The second kappa shape index (κ2) is 7.48. The van der Waals surface area contributed by atoms with Crippen molar-refractivity contribution in [3.63, 3.8) is 0 Å². The van der Waals surface area contributed by atoms with Crippen LogP contribution >= 0.6 is 0 Å². The molecule has 4 rings (SSSR count). The summed E-state index contributed by atoms with van der Waals surface area (Å²) >= 11 is 0. The van der Waals surface area contributed by atoms with Crippen molar-refractivity contribution in [2.45, 2.75) is 13.5 Å². The number of anilines is 1. The largest absolute Gasteiger partial charge is 0.349 e. The van der Waals surface area contributed by atoms with Crippen LogP contribution in [0.4, 0.5) is 5.69 Å². The molecule has 1 N–H and O–H groups in total. The topological polar surface area (TPSA) is 64.0 Å². The van der Waals surface area contributed by atoms with E-state index in [0.29, 0.717) is 16.9 Å². The molecule has 0 spiro atoms. The number of fused-ring (bicyclic) bond motifs is 1. The summed E-state index contributed by atoms with van der Waals surface area (Å²) in [5.74, 6) is -0.273. The van der Waals surface area contributed by atoms with Crippen molar-refractivity contribution in [2.24, 2.45) is 0 Å². The smallest absolute Gasteiger partial charge is 0.325 e. The number of rotatable bonds is 4. The number of nitrogens with one attached hydrogen (secondary N) is 1. The third-order valence-corrected chi connectivity index (χ3v) is 4.57. The minimum Gasteiger partial charge on any atom is -0.325 e. The molecule has 1 aromatic heterocycles. The molecule has 5 heteroatoms. The van der Waals surface area contributed by atoms with E-state index in [4.69, 9.17) is 0 Å². The summed E-state index contributed by atoms with van der Waals surface area (Å²) in [6, 6.07) is 24.6. The molecule has 5 nitrogen and oxygen atoms in total. The molecule has 28 heavy (non-hydrogen) atoms. The van der Waals surface area contributed by atoms with Crippen LogP contribution < -0.4 is 11.0 Å². The number of carbonyl (C=O) groups is 1. The monoisotopic (exact) mass is 369 g/mol. The van der Waals surface area contributed by atoms with Gasteiger partial charge in [0, 0.05) is 16.6 Å². The fourth-order valence-corrected chi connectivity index (χ4v) is 3.18. The Labute approximate surface area is 162 Å². The van der Waals surface area contributed by atoms with E-state index in [1.807, 2.05) is 85.8 Å². The number of carbonyl (C=O) groups excluding carboxylic acids is 1. The minimum atomic E-state index is -0.448. The minimum absolute atomic E-state index is 0.102. The molecule has 0 saturated heterocycles. The zero-order valence-corrected chi connectivity index (χ0v) is 15.4. The molecule has 0 radical (unpaired) electrons. The molecule has 0 fully saturated rings. The predicted octanol–water partition coefficient (Wildman–Crippen LogP) is 4.01. The molecule has 1 heterocycles. The van der Waals surface area contributed by atoms with Gasteiger partial charge in [-0.2, -0.15) is 4.98 Å². The van der Waals surface area contributed by atoms with E-state index >= 15 is 0 Å². The summed E-state index contributed by atoms with van der Waals surface area (Å²) in [4.78, 5) is 29.5. The Bertz CT molecular complexity index is 1200. The summed E-state index contributed by atoms with van der Waals surface area (Å²) in [5, 5.41) is 3.66. The van der Waals surface area contributed by atoms with E-state index < -0.39 is 5.69 Å². The molecule has 138 valence electrons. The first-order valence-electron chi connectivity index (χ1n) is 9.03. The Morgan fingerprint density at radius 3 is 2.36 bits per heavy atom. The molecule has 4 aromatic rings. The van der Waals surface area contributed by atoms with Gasteiger partial charge in [-0.3, -0.25) is 9.36 Å². The number of aromatic nitrogens is 2. The van der Waals surface area contributed by atoms with Crippen molar-refractivity contribution < 1.29 is 4.79 Å². The molecule has 0 aliphatic rings. The fraction of sp³-hybridized carbons (Fsp3) is 0.0870. The van der Waals surface area contributed by atoms with Gasteiger partial charge in [0.25, 0.3) is 0 Å². The number of benzene rings is 3. The van der Waals surface area contributed by atoms with Crippen molar-refractivity contribution in [3.8, 4) is 11.3 Å². The van der Waals surface area contributed by atoms with Crippen LogP contribution in [0, 0.1) is 6.92 Å². The molecular weight excluding hydrogens is 350 g/mol. The van der Waals surface area contributed by atoms with E-state index in [-0.39, 0.29) is 12.5 Å². The van der Waals surface area contributed by atoms with Gasteiger partial charge in [0.15, 0.2) is 0 Å². The van der Waals surface area contributed by atoms with Crippen LogP contribution in [0.1, 0.15) is 5.56 Å². The Hall–Kier alpha value is -3.73. The van der Waals surface area contributed by atoms with Crippen LogP contribution in [0.25, 0.3) is 22.2 Å². The molecule has 0 atom stereocenters. The maximum atomic E-state index is 12.7. The van der Waals surface area contributed by atoms with E-state index in [1.54, 1.807) is 0 Å². The highest BCUT2D eigenvalue weighted by Gasteiger charge is 2.14. The van der Waals surface area contributed by atoms with E-state index in [1.165, 1.54) is 4.57 Å². The lowest BCUT2D eigenvalue weighted by molar-refractivity contribution is -0.116. The van der Waals surface area contributed by atoms with Gasteiger partial charge in [0.05, 0.1) is 11.2 Å². The second-order valence-electron chi connectivity index (χ2n) is 6.63. The van der Waals surface area contributed by atoms with Gasteiger partial charge >= 0.3 is 5.69 Å². The van der Waals surface area contributed by atoms with Gasteiger partial charge in [0.1, 0.15) is 6.54 Å². The van der Waals surface area contributed by atoms with Gasteiger partial charge in [-0.25, -0.2) is 4.79 Å². The zero-order chi connectivity index (χ0) is 19.5. The lowest BCUT2D eigenvalue weighted by Gasteiger charge is -2.13. The molecule has 0 bridgehead atoms. The first kappa shape index (κ1) is 17.7. The van der Waals surface area contributed by atoms with E-state index in [9.17, 15) is 9.59 Å². The predicted molar refractivity (Wildman–Crippen MR) is 111 cm³/mol. The van der Waals surface area contributed by atoms with Crippen molar-refractivity contribution >= 4 is 22.5 Å². The summed E-state index contributed by atoms with van der Waals surface area (Å²) in [6.45, 7) is 1.88. The Kier molecular flexibility index (Phi) is 4.72. The van der Waals surface area contributed by atoms with Gasteiger partial charge in [-0.15, -0.1) is 0 Å². The Balaban J connectivity index is 1.72. The fourth-order valence-electron chi connectivity index (χ4n) is 3.18. The number of hydrogen-bond acceptors (Lipinski definition) is 3. The zero-order valence-electron chi connectivity index (χ0n) is 15.4. The first-order valence-corrected chi connectivity index (χ1v) is 9.03. The van der Waals surface area contributed by atoms with Crippen LogP contribution in [0.2, 0.25) is 0 Å². The van der Waals surface area contributed by atoms with Crippen LogP contribution in [-0.2, 0) is 11.3 Å². The van der Waals surface area contributed by atoms with Crippen molar-refractivity contribution in [1.82, 2.24) is 9.55 Å². The Morgan fingerprint density at radius 2 is 1.61 bits per heavy atom. The maximum Gasteiger partial charge on any atom is 0.349 e. The normalized spacial score (nSPS) is 10.8. The summed E-state index contributed by atoms with van der Waals surface area (Å²) in [5.41, 5.74) is 3.53. The lowest BCUT2D eigenvalue weighted by Crippen LogP contribution is -2.30. The average molecular weight is 369 g/mol. The molecule has 0 aliphatic carbocycles. The molecule has 0 saturated carbocycles. The highest BCUT2D eigenvalue weighted by Crippen LogP contribution is 2.25. The third kappa shape index (κ3) is 3.55. The lowest BCUT2D eigenvalue weighted by atomic mass is 10.1. The van der Waals surface area contributed by atoms with E-state index in [2.05, 4.69) is 10.3 Å². The number of hydrogen-bond donors (Lipinski definition) is 1. The highest BCUT2D eigenvalue weighted by molar-refractivity contribution is 5.95. The summed E-state index contributed by atoms with van der Waals surface area (Å²) in [6.07, 6.45) is 0. The SMILES string of the molecule is Cc1ccc(NC(=O)Cn2c(=O)nc(-c3ccccc3)c3ccccc32)cc1. The summed E-state index contributed by atoms with van der Waals surface area (Å²) in [7, 11) is 0. The number of amides is 1. The van der Waals surface area contributed by atoms with Gasteiger partial charge in [-0.05, 0) is 25.1 Å². The number of para-hydroxylation sites is 1. The molecule has 1 amide bonds. The number of nitrogens with zero attached hydrogens (tertiary/aromatic N) is 2. The third-order valence-electron chi connectivity index (χ3n) is 4.57. The first-order chi connectivity index (χ1) is 13.6. The van der Waals surface area contributed by atoms with Crippen LogP contribution in [0.15, 0.2) is 83.7 Å². The maximum absolute atomic E-state index is 12.7. The number of aryl methyl sites for hydroxylation is 1. The average Bonchev–Trinajstić information content (AvgIpc) is 2.72. The molecule has 0 unspecified atom stereocenters. The van der Waals surface area contributed by atoms with Crippen molar-refractivity contribution in [2.75, 3.05) is 5.32 Å². The standard InChI is InChI=1S/C23H19N3O2/c1-16-11-13-18(14-12-16)24-21(27)15-26-20-10-6-5-9-19(20)22(25-23(26)28)17-7-3-2-4-8-17/h2-14H,15H2,1H3,(H,24,27). The summed E-state index contributed by atoms with van der Waals surface area (Å²) < 4.78 is 1.41. The second-order valence-corrected chi connectivity index (χ2v) is 6.63. The van der Waals surface area contributed by atoms with Crippen molar-refractivity contribution in [3.05, 3.63) is 94.9 Å². The highest BCUT2D eigenvalue weighted by atomic mass is 16.2. The van der Waals surface area contributed by atoms with E-state index in [0.717, 1.165) is 16.5 Å². The quantitative estimate of drug-likeness (QED) is 0.591.